The van der Waals surface area contributed by atoms with Crippen molar-refractivity contribution < 1.29 is 9.66 Å². The number of ether oxygens (including phenoxy) is 1. The SMILES string of the molecule is [CH2]C1Cn2cc([N+](=O)[O-])nc2O1. The van der Waals surface area contributed by atoms with E-state index in [1.54, 1.807) is 4.57 Å². The Bertz CT molecular complexity index is 309. The molecule has 0 saturated carbocycles. The number of imidazole rings is 1. The molecule has 1 atom stereocenters. The van der Waals surface area contributed by atoms with Crippen molar-refractivity contribution in [3.05, 3.63) is 23.2 Å². The second-order valence-corrected chi connectivity index (χ2v) is 2.53. The van der Waals surface area contributed by atoms with Crippen LogP contribution in [0, 0.1) is 17.0 Å². The van der Waals surface area contributed by atoms with E-state index in [0.717, 1.165) is 0 Å². The van der Waals surface area contributed by atoms with Crippen molar-refractivity contribution in [1.29, 1.82) is 0 Å². The van der Waals surface area contributed by atoms with Gasteiger partial charge < -0.3 is 14.9 Å². The fourth-order valence-corrected chi connectivity index (χ4v) is 1.10. The molecule has 1 radical (unpaired) electrons. The Morgan fingerprint density at radius 3 is 3.25 bits per heavy atom. The molecule has 2 rings (SSSR count). The first kappa shape index (κ1) is 7.08. The number of aromatic nitrogens is 2. The molecule has 12 heavy (non-hydrogen) atoms. The van der Waals surface area contributed by atoms with Gasteiger partial charge in [0.1, 0.15) is 12.3 Å². The molecule has 1 aromatic rings. The monoisotopic (exact) mass is 168 g/mol. The molecule has 0 N–H and O–H groups in total. The van der Waals surface area contributed by atoms with Crippen molar-refractivity contribution in [1.82, 2.24) is 9.55 Å². The quantitative estimate of drug-likeness (QED) is 0.449. The highest BCUT2D eigenvalue weighted by Gasteiger charge is 2.28. The van der Waals surface area contributed by atoms with E-state index >= 15 is 0 Å². The van der Waals surface area contributed by atoms with Gasteiger partial charge in [0.15, 0.2) is 0 Å². The van der Waals surface area contributed by atoms with Gasteiger partial charge in [-0.05, 0) is 11.8 Å². The van der Waals surface area contributed by atoms with Crippen molar-refractivity contribution in [2.24, 2.45) is 0 Å². The van der Waals surface area contributed by atoms with Crippen molar-refractivity contribution in [3.63, 3.8) is 0 Å². The normalized spacial score (nSPS) is 20.2. The molecule has 1 aromatic heterocycles. The van der Waals surface area contributed by atoms with Crippen LogP contribution in [0.1, 0.15) is 0 Å². The van der Waals surface area contributed by atoms with Gasteiger partial charge in [0.25, 0.3) is 0 Å². The van der Waals surface area contributed by atoms with Crippen LogP contribution < -0.4 is 4.74 Å². The highest BCUT2D eigenvalue weighted by atomic mass is 16.6. The summed E-state index contributed by atoms with van der Waals surface area (Å²) in [5, 5.41) is 10.2. The molecule has 1 unspecified atom stereocenters. The van der Waals surface area contributed by atoms with Crippen LogP contribution in [0.15, 0.2) is 6.20 Å². The van der Waals surface area contributed by atoms with E-state index in [1.165, 1.54) is 6.20 Å². The van der Waals surface area contributed by atoms with Gasteiger partial charge in [0.2, 0.25) is 0 Å². The Kier molecular flexibility index (Phi) is 1.30. The zero-order chi connectivity index (χ0) is 8.72. The summed E-state index contributed by atoms with van der Waals surface area (Å²) in [6, 6.07) is 0.279. The van der Waals surface area contributed by atoms with Crippen LogP contribution in [0.3, 0.4) is 0 Å². The van der Waals surface area contributed by atoms with E-state index in [2.05, 4.69) is 11.9 Å². The third-order valence-corrected chi connectivity index (χ3v) is 1.59. The average molecular weight is 168 g/mol. The van der Waals surface area contributed by atoms with Gasteiger partial charge in [0.05, 0.1) is 6.54 Å². The van der Waals surface area contributed by atoms with E-state index in [0.29, 0.717) is 6.54 Å². The van der Waals surface area contributed by atoms with Crippen molar-refractivity contribution >= 4 is 5.82 Å². The molecule has 0 aromatic carbocycles. The van der Waals surface area contributed by atoms with Gasteiger partial charge in [-0.2, -0.15) is 0 Å². The zero-order valence-electron chi connectivity index (χ0n) is 6.14. The summed E-state index contributed by atoms with van der Waals surface area (Å²) in [6.07, 6.45) is 1.16. The topological polar surface area (TPSA) is 70.2 Å². The Morgan fingerprint density at radius 2 is 2.67 bits per heavy atom. The van der Waals surface area contributed by atoms with Crippen LogP contribution in [-0.2, 0) is 6.54 Å². The molecular weight excluding hydrogens is 162 g/mol. The van der Waals surface area contributed by atoms with Gasteiger partial charge >= 0.3 is 11.8 Å². The predicted octanol–water partition coefficient (Wildman–Crippen LogP) is 0.386. The smallest absolute Gasteiger partial charge is 0.414 e. The summed E-state index contributed by atoms with van der Waals surface area (Å²) in [7, 11) is 0. The lowest BCUT2D eigenvalue weighted by Crippen LogP contribution is -2.08. The van der Waals surface area contributed by atoms with Crippen LogP contribution in [-0.4, -0.2) is 20.6 Å². The van der Waals surface area contributed by atoms with Crippen LogP contribution in [0.5, 0.6) is 6.01 Å². The molecular formula is C6H6N3O3. The number of nitrogens with zero attached hydrogens (tertiary/aromatic N) is 3. The maximum atomic E-state index is 10.2. The standard InChI is InChI=1S/C6H6N3O3/c1-4-2-8-3-5(9(10)11)7-6(8)12-4/h3-4H,1-2H2. The van der Waals surface area contributed by atoms with E-state index < -0.39 is 4.92 Å². The fraction of sp³-hybridized carbons (Fsp3) is 0.333. The molecule has 0 bridgehead atoms. The molecule has 0 fully saturated rings. The maximum Gasteiger partial charge on any atom is 0.414 e. The molecule has 6 nitrogen and oxygen atoms in total. The largest absolute Gasteiger partial charge is 0.441 e. The Balaban J connectivity index is 2.34. The first-order valence-corrected chi connectivity index (χ1v) is 3.38. The van der Waals surface area contributed by atoms with Crippen LogP contribution >= 0.6 is 0 Å². The maximum absolute atomic E-state index is 10.2. The third kappa shape index (κ3) is 0.919. The molecule has 63 valence electrons. The lowest BCUT2D eigenvalue weighted by molar-refractivity contribution is -0.389. The third-order valence-electron chi connectivity index (χ3n) is 1.59. The average Bonchev–Trinajstić information content (AvgIpc) is 2.42. The van der Waals surface area contributed by atoms with E-state index in [-0.39, 0.29) is 17.9 Å². The number of rotatable bonds is 1. The Labute approximate surface area is 67.9 Å². The van der Waals surface area contributed by atoms with Gasteiger partial charge in [0, 0.05) is 4.98 Å². The zero-order valence-corrected chi connectivity index (χ0v) is 6.14. The summed E-state index contributed by atoms with van der Waals surface area (Å²) in [5.74, 6) is -0.183. The molecule has 1 aliphatic rings. The minimum Gasteiger partial charge on any atom is -0.441 e. The van der Waals surface area contributed by atoms with Crippen molar-refractivity contribution in [2.45, 2.75) is 12.6 Å². The number of fused-ring (bicyclic) bond motifs is 1. The molecule has 0 amide bonds. The molecule has 0 saturated heterocycles. The van der Waals surface area contributed by atoms with E-state index in [1.807, 2.05) is 0 Å². The lowest BCUT2D eigenvalue weighted by atomic mass is 10.4. The van der Waals surface area contributed by atoms with Crippen molar-refractivity contribution in [3.8, 4) is 6.01 Å². The molecule has 1 aliphatic heterocycles. The van der Waals surface area contributed by atoms with Gasteiger partial charge in [-0.15, -0.1) is 0 Å². The van der Waals surface area contributed by atoms with Gasteiger partial charge in [-0.25, -0.2) is 0 Å². The minimum atomic E-state index is -0.549. The summed E-state index contributed by atoms with van der Waals surface area (Å²) < 4.78 is 6.65. The molecule has 6 heteroatoms. The Morgan fingerprint density at radius 1 is 1.92 bits per heavy atom. The number of hydrogen-bond donors (Lipinski definition) is 0. The fourth-order valence-electron chi connectivity index (χ4n) is 1.10. The first-order chi connectivity index (χ1) is 5.66. The molecule has 2 heterocycles. The van der Waals surface area contributed by atoms with Crippen LogP contribution in [0.25, 0.3) is 0 Å². The van der Waals surface area contributed by atoms with E-state index in [4.69, 9.17) is 4.74 Å². The summed E-state index contributed by atoms with van der Waals surface area (Å²) in [4.78, 5) is 13.3. The lowest BCUT2D eigenvalue weighted by Gasteiger charge is -1.96. The highest BCUT2D eigenvalue weighted by Crippen LogP contribution is 2.23. The van der Waals surface area contributed by atoms with Gasteiger partial charge in [-0.1, -0.05) is 0 Å². The van der Waals surface area contributed by atoms with Crippen molar-refractivity contribution in [2.75, 3.05) is 0 Å². The first-order valence-electron chi connectivity index (χ1n) is 3.38. The minimum absolute atomic E-state index is 0.183. The predicted molar refractivity (Wildman–Crippen MR) is 38.7 cm³/mol. The summed E-state index contributed by atoms with van der Waals surface area (Å²) >= 11 is 0. The summed E-state index contributed by atoms with van der Waals surface area (Å²) in [5.41, 5.74) is 0. The summed E-state index contributed by atoms with van der Waals surface area (Å²) in [6.45, 7) is 4.17. The van der Waals surface area contributed by atoms with Gasteiger partial charge in [-0.3, -0.25) is 4.57 Å². The second-order valence-electron chi connectivity index (χ2n) is 2.53. The number of nitro groups is 1. The van der Waals surface area contributed by atoms with Crippen LogP contribution in [0.2, 0.25) is 0 Å². The van der Waals surface area contributed by atoms with E-state index in [9.17, 15) is 10.1 Å². The number of hydrogen-bond acceptors (Lipinski definition) is 4. The Hall–Kier alpha value is -1.59. The molecule has 0 spiro atoms. The molecule has 0 aliphatic carbocycles. The van der Waals surface area contributed by atoms with Crippen LogP contribution in [0.4, 0.5) is 5.82 Å². The second kappa shape index (κ2) is 2.20. The highest BCUT2D eigenvalue weighted by molar-refractivity contribution is 5.22.